The van der Waals surface area contributed by atoms with Crippen molar-refractivity contribution in [3.8, 4) is 5.75 Å². The zero-order valence-corrected chi connectivity index (χ0v) is 14.4. The van der Waals surface area contributed by atoms with Crippen molar-refractivity contribution >= 4 is 23.3 Å². The van der Waals surface area contributed by atoms with Crippen molar-refractivity contribution in [3.63, 3.8) is 0 Å². The maximum atomic E-state index is 12.2. The van der Waals surface area contributed by atoms with Crippen LogP contribution in [0.15, 0.2) is 48.5 Å². The summed E-state index contributed by atoms with van der Waals surface area (Å²) in [5.74, 6) is -0.0548. The van der Waals surface area contributed by atoms with Gasteiger partial charge in [0.1, 0.15) is 5.75 Å². The van der Waals surface area contributed by atoms with Crippen molar-refractivity contribution in [1.29, 1.82) is 0 Å². The molecule has 0 aliphatic rings. The lowest BCUT2D eigenvalue weighted by atomic mass is 10.2. The fourth-order valence-electron chi connectivity index (χ4n) is 2.24. The van der Waals surface area contributed by atoms with Gasteiger partial charge in [0.2, 0.25) is 5.91 Å². The summed E-state index contributed by atoms with van der Waals surface area (Å²) in [6, 6.07) is 14.1. The van der Waals surface area contributed by atoms with Crippen molar-refractivity contribution in [3.05, 3.63) is 54.1 Å². The average Bonchev–Trinajstić information content (AvgIpc) is 2.62. The molecule has 0 aliphatic carbocycles. The summed E-state index contributed by atoms with van der Waals surface area (Å²) in [4.78, 5) is 24.2. The van der Waals surface area contributed by atoms with Gasteiger partial charge in [0, 0.05) is 0 Å². The van der Waals surface area contributed by atoms with E-state index in [4.69, 9.17) is 9.47 Å². The van der Waals surface area contributed by atoms with E-state index < -0.39 is 5.97 Å². The Hall–Kier alpha value is -3.02. The van der Waals surface area contributed by atoms with E-state index in [-0.39, 0.29) is 19.1 Å². The zero-order chi connectivity index (χ0) is 18.1. The summed E-state index contributed by atoms with van der Waals surface area (Å²) in [5.41, 5.74) is 1.48. The predicted molar refractivity (Wildman–Crippen MR) is 97.1 cm³/mol. The summed E-state index contributed by atoms with van der Waals surface area (Å²) in [5, 5.41) is 5.77. The SMILES string of the molecule is CCOC(=O)c1ccccc1NC(=O)CNc1ccccc1OCC. The molecule has 25 heavy (non-hydrogen) atoms. The lowest BCUT2D eigenvalue weighted by Gasteiger charge is -2.13. The molecule has 2 rings (SSSR count). The minimum absolute atomic E-state index is 0.0429. The molecule has 0 atom stereocenters. The predicted octanol–water partition coefficient (Wildman–Crippen LogP) is 3.31. The number of esters is 1. The molecule has 6 heteroatoms. The smallest absolute Gasteiger partial charge is 0.340 e. The largest absolute Gasteiger partial charge is 0.492 e. The van der Waals surface area contributed by atoms with Crippen molar-refractivity contribution in [1.82, 2.24) is 0 Å². The Morgan fingerprint density at radius 1 is 0.920 bits per heavy atom. The number of rotatable bonds is 8. The Morgan fingerprint density at radius 2 is 1.60 bits per heavy atom. The second kappa shape index (κ2) is 9.32. The number of hydrogen-bond acceptors (Lipinski definition) is 5. The fraction of sp³-hybridized carbons (Fsp3) is 0.263. The highest BCUT2D eigenvalue weighted by Gasteiger charge is 2.14. The highest BCUT2D eigenvalue weighted by molar-refractivity contribution is 6.02. The molecule has 0 heterocycles. The van der Waals surface area contributed by atoms with Gasteiger partial charge in [0.15, 0.2) is 0 Å². The maximum Gasteiger partial charge on any atom is 0.340 e. The third kappa shape index (κ3) is 5.24. The molecule has 0 bridgehead atoms. The van der Waals surface area contributed by atoms with Gasteiger partial charge in [-0.1, -0.05) is 24.3 Å². The number of para-hydroxylation sites is 3. The van der Waals surface area contributed by atoms with Gasteiger partial charge in [0.05, 0.1) is 36.7 Å². The van der Waals surface area contributed by atoms with Crippen LogP contribution in [0, 0.1) is 0 Å². The van der Waals surface area contributed by atoms with E-state index in [9.17, 15) is 9.59 Å². The molecule has 1 amide bonds. The van der Waals surface area contributed by atoms with Gasteiger partial charge in [-0.05, 0) is 38.1 Å². The Kier molecular flexibility index (Phi) is 6.83. The van der Waals surface area contributed by atoms with Gasteiger partial charge in [-0.15, -0.1) is 0 Å². The van der Waals surface area contributed by atoms with Crippen molar-refractivity contribution in [2.24, 2.45) is 0 Å². The van der Waals surface area contributed by atoms with Crippen LogP contribution in [-0.4, -0.2) is 31.6 Å². The molecule has 2 N–H and O–H groups in total. The summed E-state index contributed by atoms with van der Waals surface area (Å²) in [6.07, 6.45) is 0. The maximum absolute atomic E-state index is 12.2. The molecule has 2 aromatic rings. The lowest BCUT2D eigenvalue weighted by molar-refractivity contribution is -0.114. The number of carbonyl (C=O) groups is 2. The van der Waals surface area contributed by atoms with E-state index in [1.165, 1.54) is 0 Å². The Labute approximate surface area is 147 Å². The highest BCUT2D eigenvalue weighted by atomic mass is 16.5. The summed E-state index contributed by atoms with van der Waals surface area (Å²) >= 11 is 0. The molecule has 0 spiro atoms. The minimum atomic E-state index is -0.465. The molecule has 0 aliphatic heterocycles. The van der Waals surface area contributed by atoms with Gasteiger partial charge in [-0.2, -0.15) is 0 Å². The van der Waals surface area contributed by atoms with E-state index in [1.54, 1.807) is 31.2 Å². The molecular weight excluding hydrogens is 320 g/mol. The molecule has 0 fully saturated rings. The van der Waals surface area contributed by atoms with E-state index in [0.29, 0.717) is 23.6 Å². The molecule has 2 aromatic carbocycles. The Bertz CT molecular complexity index is 731. The topological polar surface area (TPSA) is 76.7 Å². The second-order valence-corrected chi connectivity index (χ2v) is 5.10. The van der Waals surface area contributed by atoms with Gasteiger partial charge in [-0.25, -0.2) is 4.79 Å². The molecule has 0 saturated carbocycles. The Morgan fingerprint density at radius 3 is 2.32 bits per heavy atom. The normalized spacial score (nSPS) is 10.0. The molecular formula is C19H22N2O4. The second-order valence-electron chi connectivity index (χ2n) is 5.10. The number of benzene rings is 2. The number of carbonyl (C=O) groups excluding carboxylic acids is 2. The first-order valence-corrected chi connectivity index (χ1v) is 8.17. The van der Waals surface area contributed by atoms with Crippen LogP contribution in [0.2, 0.25) is 0 Å². The highest BCUT2D eigenvalue weighted by Crippen LogP contribution is 2.23. The number of nitrogens with one attached hydrogen (secondary N) is 2. The molecule has 0 unspecified atom stereocenters. The lowest BCUT2D eigenvalue weighted by Crippen LogP contribution is -2.23. The van der Waals surface area contributed by atoms with Crippen LogP contribution in [0.3, 0.4) is 0 Å². The number of hydrogen-bond donors (Lipinski definition) is 2. The van der Waals surface area contributed by atoms with Gasteiger partial charge in [-0.3, -0.25) is 4.79 Å². The van der Waals surface area contributed by atoms with Crippen LogP contribution in [0.25, 0.3) is 0 Å². The van der Waals surface area contributed by atoms with Crippen LogP contribution in [0.5, 0.6) is 5.75 Å². The summed E-state index contributed by atoms with van der Waals surface area (Å²) in [7, 11) is 0. The Balaban J connectivity index is 2.01. The monoisotopic (exact) mass is 342 g/mol. The van der Waals surface area contributed by atoms with E-state index in [2.05, 4.69) is 10.6 Å². The van der Waals surface area contributed by atoms with Crippen LogP contribution in [0.1, 0.15) is 24.2 Å². The first kappa shape index (κ1) is 18.3. The van der Waals surface area contributed by atoms with Crippen LogP contribution >= 0.6 is 0 Å². The van der Waals surface area contributed by atoms with Crippen LogP contribution in [0.4, 0.5) is 11.4 Å². The van der Waals surface area contributed by atoms with Crippen molar-refractivity contribution < 1.29 is 19.1 Å². The van der Waals surface area contributed by atoms with Crippen LogP contribution < -0.4 is 15.4 Å². The van der Waals surface area contributed by atoms with E-state index >= 15 is 0 Å². The first-order valence-electron chi connectivity index (χ1n) is 8.17. The summed E-state index contributed by atoms with van der Waals surface area (Å²) < 4.78 is 10.5. The standard InChI is InChI=1S/C19H22N2O4/c1-3-24-17-12-8-7-11-16(17)20-13-18(22)21-15-10-6-5-9-14(15)19(23)25-4-2/h5-12,20H,3-4,13H2,1-2H3,(H,21,22). The minimum Gasteiger partial charge on any atom is -0.492 e. The summed E-state index contributed by atoms with van der Waals surface area (Å²) in [6.45, 7) is 4.49. The molecule has 0 radical (unpaired) electrons. The number of anilines is 2. The third-order valence-corrected chi connectivity index (χ3v) is 3.32. The number of ether oxygens (including phenoxy) is 2. The van der Waals surface area contributed by atoms with E-state index in [1.807, 2.05) is 31.2 Å². The average molecular weight is 342 g/mol. The third-order valence-electron chi connectivity index (χ3n) is 3.32. The molecule has 0 aromatic heterocycles. The van der Waals surface area contributed by atoms with Gasteiger partial charge < -0.3 is 20.1 Å². The van der Waals surface area contributed by atoms with Gasteiger partial charge in [0.25, 0.3) is 0 Å². The first-order chi connectivity index (χ1) is 12.2. The zero-order valence-electron chi connectivity index (χ0n) is 14.4. The molecule has 6 nitrogen and oxygen atoms in total. The number of amides is 1. The molecule has 0 saturated heterocycles. The molecule has 132 valence electrons. The fourth-order valence-corrected chi connectivity index (χ4v) is 2.24. The van der Waals surface area contributed by atoms with Crippen molar-refractivity contribution in [2.75, 3.05) is 30.4 Å². The van der Waals surface area contributed by atoms with Crippen LogP contribution in [-0.2, 0) is 9.53 Å². The van der Waals surface area contributed by atoms with Gasteiger partial charge >= 0.3 is 5.97 Å². The van der Waals surface area contributed by atoms with Crippen molar-refractivity contribution in [2.45, 2.75) is 13.8 Å². The quantitative estimate of drug-likeness (QED) is 0.720. The van der Waals surface area contributed by atoms with E-state index in [0.717, 1.165) is 5.69 Å².